The summed E-state index contributed by atoms with van der Waals surface area (Å²) in [7, 11) is 0. The van der Waals surface area contributed by atoms with E-state index in [4.69, 9.17) is 5.73 Å². The molecule has 0 aliphatic heterocycles. The number of rotatable bonds is 2. The standard InChI is InChI=1S/C12H18N2OS/c1-12(2,13)11(15)14-9-4-3-5-10-8(9)6-7-16-10/h6-7,9H,3-5,13H2,1-2H3,(H,14,15). The van der Waals surface area contributed by atoms with Gasteiger partial charge in [0.25, 0.3) is 0 Å². The molecule has 88 valence electrons. The lowest BCUT2D eigenvalue weighted by molar-refractivity contribution is -0.126. The zero-order valence-electron chi connectivity index (χ0n) is 9.75. The van der Waals surface area contributed by atoms with Crippen molar-refractivity contribution in [3.8, 4) is 0 Å². The first kappa shape index (κ1) is 11.6. The van der Waals surface area contributed by atoms with Gasteiger partial charge in [-0.3, -0.25) is 4.79 Å². The Morgan fingerprint density at radius 3 is 3.06 bits per heavy atom. The van der Waals surface area contributed by atoms with E-state index in [1.807, 2.05) is 0 Å². The van der Waals surface area contributed by atoms with Crippen LogP contribution in [0, 0.1) is 0 Å². The fourth-order valence-electron chi connectivity index (χ4n) is 1.98. The second-order valence-electron chi connectivity index (χ2n) is 4.94. The summed E-state index contributed by atoms with van der Waals surface area (Å²) >= 11 is 1.78. The van der Waals surface area contributed by atoms with Crippen LogP contribution in [0.15, 0.2) is 11.4 Å². The molecule has 0 spiro atoms. The van der Waals surface area contributed by atoms with Gasteiger partial charge >= 0.3 is 0 Å². The van der Waals surface area contributed by atoms with Crippen molar-refractivity contribution in [3.05, 3.63) is 21.9 Å². The smallest absolute Gasteiger partial charge is 0.239 e. The van der Waals surface area contributed by atoms with Gasteiger partial charge in [-0.15, -0.1) is 11.3 Å². The Bertz CT molecular complexity index is 392. The lowest BCUT2D eigenvalue weighted by atomic mass is 9.93. The van der Waals surface area contributed by atoms with E-state index in [9.17, 15) is 4.79 Å². The van der Waals surface area contributed by atoms with Crippen LogP contribution in [-0.4, -0.2) is 11.4 Å². The number of hydrogen-bond acceptors (Lipinski definition) is 3. The van der Waals surface area contributed by atoms with Crippen molar-refractivity contribution in [1.82, 2.24) is 5.32 Å². The van der Waals surface area contributed by atoms with Crippen LogP contribution in [0.25, 0.3) is 0 Å². The second kappa shape index (κ2) is 4.18. The molecule has 1 aromatic rings. The number of nitrogens with two attached hydrogens (primary N) is 1. The van der Waals surface area contributed by atoms with Crippen LogP contribution in [0.2, 0.25) is 0 Å². The maximum Gasteiger partial charge on any atom is 0.239 e. The Morgan fingerprint density at radius 2 is 2.38 bits per heavy atom. The van der Waals surface area contributed by atoms with Gasteiger partial charge in [0.15, 0.2) is 0 Å². The molecule has 0 fully saturated rings. The molecule has 0 bridgehead atoms. The zero-order chi connectivity index (χ0) is 11.8. The number of carbonyl (C=O) groups excluding carboxylic acids is 1. The summed E-state index contributed by atoms with van der Waals surface area (Å²) in [4.78, 5) is 13.2. The lowest BCUT2D eigenvalue weighted by Gasteiger charge is -2.27. The summed E-state index contributed by atoms with van der Waals surface area (Å²) in [6.45, 7) is 3.47. The van der Waals surface area contributed by atoms with Gasteiger partial charge in [-0.2, -0.15) is 0 Å². The third kappa shape index (κ3) is 2.28. The molecule has 1 atom stereocenters. The second-order valence-corrected chi connectivity index (χ2v) is 5.94. The first-order chi connectivity index (χ1) is 7.48. The number of amides is 1. The largest absolute Gasteiger partial charge is 0.348 e. The molecule has 16 heavy (non-hydrogen) atoms. The van der Waals surface area contributed by atoms with Crippen LogP contribution in [0.3, 0.4) is 0 Å². The van der Waals surface area contributed by atoms with Gasteiger partial charge in [0, 0.05) is 4.88 Å². The van der Waals surface area contributed by atoms with Crippen LogP contribution >= 0.6 is 11.3 Å². The molecule has 1 aliphatic carbocycles. The molecule has 4 heteroatoms. The van der Waals surface area contributed by atoms with Gasteiger partial charge in [-0.1, -0.05) is 0 Å². The normalized spacial score (nSPS) is 20.3. The highest BCUT2D eigenvalue weighted by Gasteiger charge is 2.28. The van der Waals surface area contributed by atoms with Crippen molar-refractivity contribution in [2.24, 2.45) is 5.73 Å². The Labute approximate surface area is 100 Å². The molecule has 2 rings (SSSR count). The Balaban J connectivity index is 2.11. The molecule has 0 saturated heterocycles. The van der Waals surface area contributed by atoms with Crippen molar-refractivity contribution >= 4 is 17.2 Å². The van der Waals surface area contributed by atoms with Crippen LogP contribution in [0.1, 0.15) is 43.2 Å². The van der Waals surface area contributed by atoms with E-state index in [1.54, 1.807) is 25.2 Å². The summed E-state index contributed by atoms with van der Waals surface area (Å²) in [5.41, 5.74) is 6.27. The van der Waals surface area contributed by atoms with E-state index in [1.165, 1.54) is 10.4 Å². The summed E-state index contributed by atoms with van der Waals surface area (Å²) in [5, 5.41) is 5.14. The molecular formula is C12H18N2OS. The van der Waals surface area contributed by atoms with E-state index in [-0.39, 0.29) is 11.9 Å². The average molecular weight is 238 g/mol. The van der Waals surface area contributed by atoms with Gasteiger partial charge < -0.3 is 11.1 Å². The van der Waals surface area contributed by atoms with Crippen molar-refractivity contribution in [2.75, 3.05) is 0 Å². The molecule has 1 unspecified atom stereocenters. The third-order valence-corrected chi connectivity index (χ3v) is 3.94. The first-order valence-corrected chi connectivity index (χ1v) is 6.52. The Kier molecular flexibility index (Phi) is 3.04. The topological polar surface area (TPSA) is 55.1 Å². The Hall–Kier alpha value is -0.870. The molecule has 1 aliphatic rings. The predicted octanol–water partition coefficient (Wildman–Crippen LogP) is 1.98. The lowest BCUT2D eigenvalue weighted by Crippen LogP contribution is -2.50. The highest BCUT2D eigenvalue weighted by Crippen LogP contribution is 2.33. The minimum absolute atomic E-state index is 0.0726. The van der Waals surface area contributed by atoms with Crippen molar-refractivity contribution in [1.29, 1.82) is 0 Å². The van der Waals surface area contributed by atoms with E-state index >= 15 is 0 Å². The molecule has 0 aromatic carbocycles. The number of hydrogen-bond donors (Lipinski definition) is 2. The van der Waals surface area contributed by atoms with Crippen molar-refractivity contribution in [3.63, 3.8) is 0 Å². The molecule has 0 saturated carbocycles. The quantitative estimate of drug-likeness (QED) is 0.827. The predicted molar refractivity (Wildman–Crippen MR) is 66.4 cm³/mol. The molecule has 0 radical (unpaired) electrons. The van der Waals surface area contributed by atoms with Gasteiger partial charge in [0.2, 0.25) is 5.91 Å². The number of aryl methyl sites for hydroxylation is 1. The molecule has 1 heterocycles. The van der Waals surface area contributed by atoms with Gasteiger partial charge in [0.05, 0.1) is 11.6 Å². The third-order valence-electron chi connectivity index (χ3n) is 2.94. The molecule has 3 N–H and O–H groups in total. The van der Waals surface area contributed by atoms with Crippen molar-refractivity contribution in [2.45, 2.75) is 44.7 Å². The van der Waals surface area contributed by atoms with Crippen LogP contribution < -0.4 is 11.1 Å². The summed E-state index contributed by atoms with van der Waals surface area (Å²) < 4.78 is 0. The van der Waals surface area contributed by atoms with E-state index in [0.29, 0.717) is 0 Å². The molecule has 3 nitrogen and oxygen atoms in total. The van der Waals surface area contributed by atoms with Gasteiger partial charge in [-0.25, -0.2) is 0 Å². The van der Waals surface area contributed by atoms with Crippen molar-refractivity contribution < 1.29 is 4.79 Å². The minimum Gasteiger partial charge on any atom is -0.348 e. The summed E-state index contributed by atoms with van der Waals surface area (Å²) in [6.07, 6.45) is 3.31. The highest BCUT2D eigenvalue weighted by atomic mass is 32.1. The zero-order valence-corrected chi connectivity index (χ0v) is 10.6. The van der Waals surface area contributed by atoms with Gasteiger partial charge in [-0.05, 0) is 50.1 Å². The number of carbonyl (C=O) groups is 1. The maximum absolute atomic E-state index is 11.8. The fourth-order valence-corrected chi connectivity index (χ4v) is 2.97. The first-order valence-electron chi connectivity index (χ1n) is 5.64. The number of fused-ring (bicyclic) bond motifs is 1. The van der Waals surface area contributed by atoms with Gasteiger partial charge in [0.1, 0.15) is 0 Å². The SMILES string of the molecule is CC(C)(N)C(=O)NC1CCCc2sccc21. The number of thiophene rings is 1. The van der Waals surface area contributed by atoms with E-state index < -0.39 is 5.54 Å². The summed E-state index contributed by atoms with van der Waals surface area (Å²) in [6, 6.07) is 2.28. The minimum atomic E-state index is -0.798. The van der Waals surface area contributed by atoms with Crippen LogP contribution in [0.5, 0.6) is 0 Å². The van der Waals surface area contributed by atoms with E-state index in [0.717, 1.165) is 19.3 Å². The van der Waals surface area contributed by atoms with E-state index in [2.05, 4.69) is 16.8 Å². The number of nitrogens with one attached hydrogen (secondary N) is 1. The average Bonchev–Trinajstić information content (AvgIpc) is 2.65. The highest BCUT2D eigenvalue weighted by molar-refractivity contribution is 7.10. The molecular weight excluding hydrogens is 220 g/mol. The summed E-state index contributed by atoms with van der Waals surface area (Å²) in [5.74, 6) is -0.0726. The fraction of sp³-hybridized carbons (Fsp3) is 0.583. The molecule has 1 aromatic heterocycles. The molecule has 1 amide bonds. The van der Waals surface area contributed by atoms with Crippen LogP contribution in [0.4, 0.5) is 0 Å². The monoisotopic (exact) mass is 238 g/mol. The maximum atomic E-state index is 11.8. The Morgan fingerprint density at radius 1 is 1.62 bits per heavy atom. The van der Waals surface area contributed by atoms with Crippen LogP contribution in [-0.2, 0) is 11.2 Å².